The van der Waals surface area contributed by atoms with Gasteiger partial charge in [-0.2, -0.15) is 0 Å². The monoisotopic (exact) mass is 346 g/mol. The molecular weight excluding hydrogens is 319 g/mol. The zero-order valence-electron chi connectivity index (χ0n) is 14.7. The molecule has 1 aromatic carbocycles. The predicted molar refractivity (Wildman–Crippen MR) is 99.3 cm³/mol. The predicted octanol–water partition coefficient (Wildman–Crippen LogP) is 2.71. The number of H-pyrrole nitrogens is 1. The molecule has 0 radical (unpaired) electrons. The molecule has 0 atom stereocenters. The number of aliphatic imine (C=N–C) groups is 1. The lowest BCUT2D eigenvalue weighted by Gasteiger charge is -2.27. The second-order valence-electron chi connectivity index (χ2n) is 6.66. The van der Waals surface area contributed by atoms with Gasteiger partial charge < -0.3 is 20.7 Å². The van der Waals surface area contributed by atoms with Crippen LogP contribution >= 0.6 is 0 Å². The minimum atomic E-state index is -0.216. The van der Waals surface area contributed by atoms with Crippen LogP contribution in [0.25, 0.3) is 10.9 Å². The van der Waals surface area contributed by atoms with Crippen LogP contribution in [0.5, 0.6) is 0 Å². The number of aromatic amines is 1. The molecule has 0 spiro atoms. The summed E-state index contributed by atoms with van der Waals surface area (Å²) in [5, 5.41) is 17.3. The van der Waals surface area contributed by atoms with E-state index in [4.69, 9.17) is 0 Å². The molecule has 1 aliphatic carbocycles. The third-order valence-corrected chi connectivity index (χ3v) is 4.76. The third-order valence-electron chi connectivity index (χ3n) is 4.76. The fourth-order valence-electron chi connectivity index (χ4n) is 3.38. The van der Waals surface area contributed by atoms with Gasteiger partial charge in [0.15, 0.2) is 5.96 Å². The Labute approximate surface area is 147 Å². The van der Waals surface area contributed by atoms with Crippen molar-refractivity contribution in [3.05, 3.63) is 35.8 Å². The Morgan fingerprint density at radius 2 is 2.12 bits per heavy atom. The van der Waals surface area contributed by atoms with Gasteiger partial charge in [0.25, 0.3) is 0 Å². The SMILES string of the molecule is CCNC(=NCCc1c[nH]c2ccc(F)cc12)NC1CCC(O)CC1. The fraction of sp³-hybridized carbons (Fsp3) is 0.526. The van der Waals surface area contributed by atoms with Gasteiger partial charge in [0, 0.05) is 36.2 Å². The number of rotatable bonds is 5. The van der Waals surface area contributed by atoms with Crippen LogP contribution in [0.2, 0.25) is 0 Å². The molecule has 5 nitrogen and oxygen atoms in total. The van der Waals surface area contributed by atoms with E-state index < -0.39 is 0 Å². The summed E-state index contributed by atoms with van der Waals surface area (Å²) in [6.45, 7) is 3.48. The summed E-state index contributed by atoms with van der Waals surface area (Å²) in [7, 11) is 0. The number of hydrogen-bond donors (Lipinski definition) is 4. The molecule has 1 heterocycles. The van der Waals surface area contributed by atoms with Gasteiger partial charge in [-0.1, -0.05) is 0 Å². The second-order valence-corrected chi connectivity index (χ2v) is 6.66. The summed E-state index contributed by atoms with van der Waals surface area (Å²) in [6, 6.07) is 5.17. The number of halogens is 1. The van der Waals surface area contributed by atoms with E-state index in [2.05, 4.69) is 20.6 Å². The standard InChI is InChI=1S/C19H27FN4O/c1-2-21-19(24-15-4-6-16(25)7-5-15)22-10-9-13-12-23-18-8-3-14(20)11-17(13)18/h3,8,11-12,15-16,23,25H,2,4-7,9-10H2,1H3,(H2,21,22,24). The number of guanidine groups is 1. The van der Waals surface area contributed by atoms with Crippen molar-refractivity contribution < 1.29 is 9.50 Å². The normalized spacial score (nSPS) is 21.5. The zero-order chi connectivity index (χ0) is 17.6. The third kappa shape index (κ3) is 4.72. The summed E-state index contributed by atoms with van der Waals surface area (Å²) in [4.78, 5) is 7.83. The molecule has 0 aliphatic heterocycles. The van der Waals surface area contributed by atoms with Gasteiger partial charge in [0.2, 0.25) is 0 Å². The summed E-state index contributed by atoms with van der Waals surface area (Å²) < 4.78 is 13.5. The lowest BCUT2D eigenvalue weighted by atomic mass is 9.93. The molecule has 4 N–H and O–H groups in total. The Balaban J connectivity index is 1.60. The molecule has 1 aromatic heterocycles. The molecule has 1 fully saturated rings. The lowest BCUT2D eigenvalue weighted by Crippen LogP contribution is -2.45. The fourth-order valence-corrected chi connectivity index (χ4v) is 3.38. The Kier molecular flexibility index (Phi) is 5.91. The number of nitrogens with zero attached hydrogens (tertiary/aromatic N) is 1. The van der Waals surface area contributed by atoms with Crippen LogP contribution in [0.1, 0.15) is 38.2 Å². The van der Waals surface area contributed by atoms with Crippen molar-refractivity contribution >= 4 is 16.9 Å². The molecule has 136 valence electrons. The molecule has 0 amide bonds. The molecule has 3 rings (SSSR count). The van der Waals surface area contributed by atoms with Crippen molar-refractivity contribution in [2.75, 3.05) is 13.1 Å². The average molecular weight is 346 g/mol. The Morgan fingerprint density at radius 3 is 2.88 bits per heavy atom. The summed E-state index contributed by atoms with van der Waals surface area (Å²) in [6.07, 6.45) is 6.16. The number of hydrogen-bond acceptors (Lipinski definition) is 2. The van der Waals surface area contributed by atoms with Crippen LogP contribution in [0, 0.1) is 5.82 Å². The summed E-state index contributed by atoms with van der Waals surface area (Å²) >= 11 is 0. The molecule has 2 aromatic rings. The number of aliphatic hydroxyl groups is 1. The van der Waals surface area contributed by atoms with Gasteiger partial charge in [-0.25, -0.2) is 4.39 Å². The highest BCUT2D eigenvalue weighted by Gasteiger charge is 2.19. The molecule has 1 saturated carbocycles. The molecule has 0 bridgehead atoms. The first-order valence-corrected chi connectivity index (χ1v) is 9.14. The molecule has 6 heteroatoms. The topological polar surface area (TPSA) is 72.4 Å². The number of aromatic nitrogens is 1. The zero-order valence-corrected chi connectivity index (χ0v) is 14.7. The van der Waals surface area contributed by atoms with E-state index >= 15 is 0 Å². The molecule has 1 aliphatic rings. The molecule has 0 saturated heterocycles. The van der Waals surface area contributed by atoms with Crippen LogP contribution in [-0.2, 0) is 6.42 Å². The van der Waals surface area contributed by atoms with E-state index in [0.29, 0.717) is 12.6 Å². The maximum atomic E-state index is 13.5. The van der Waals surface area contributed by atoms with E-state index in [1.807, 2.05) is 13.1 Å². The van der Waals surface area contributed by atoms with Crippen molar-refractivity contribution in [2.24, 2.45) is 4.99 Å². The Hall–Kier alpha value is -2.08. The van der Waals surface area contributed by atoms with Crippen molar-refractivity contribution in [3.8, 4) is 0 Å². The van der Waals surface area contributed by atoms with Crippen LogP contribution in [0.3, 0.4) is 0 Å². The van der Waals surface area contributed by atoms with E-state index in [-0.39, 0.29) is 11.9 Å². The maximum absolute atomic E-state index is 13.5. The minimum Gasteiger partial charge on any atom is -0.393 e. The molecule has 0 unspecified atom stereocenters. The second kappa shape index (κ2) is 8.34. The van der Waals surface area contributed by atoms with Crippen molar-refractivity contribution in [1.29, 1.82) is 0 Å². The van der Waals surface area contributed by atoms with Gasteiger partial charge in [0.1, 0.15) is 5.82 Å². The first-order chi connectivity index (χ1) is 12.2. The number of benzene rings is 1. The van der Waals surface area contributed by atoms with Crippen LogP contribution in [0.4, 0.5) is 4.39 Å². The lowest BCUT2D eigenvalue weighted by molar-refractivity contribution is 0.120. The van der Waals surface area contributed by atoms with Gasteiger partial charge in [-0.05, 0) is 62.8 Å². The Morgan fingerprint density at radius 1 is 1.32 bits per heavy atom. The van der Waals surface area contributed by atoms with Crippen molar-refractivity contribution in [3.63, 3.8) is 0 Å². The van der Waals surface area contributed by atoms with Crippen molar-refractivity contribution in [1.82, 2.24) is 15.6 Å². The molecule has 25 heavy (non-hydrogen) atoms. The Bertz CT molecular complexity index is 719. The van der Waals surface area contributed by atoms with Gasteiger partial charge in [-0.15, -0.1) is 0 Å². The van der Waals surface area contributed by atoms with Gasteiger partial charge >= 0.3 is 0 Å². The van der Waals surface area contributed by atoms with Crippen LogP contribution in [0.15, 0.2) is 29.4 Å². The van der Waals surface area contributed by atoms with E-state index in [9.17, 15) is 9.50 Å². The van der Waals surface area contributed by atoms with E-state index in [1.165, 1.54) is 6.07 Å². The quantitative estimate of drug-likeness (QED) is 0.497. The first kappa shape index (κ1) is 17.7. The maximum Gasteiger partial charge on any atom is 0.191 e. The van der Waals surface area contributed by atoms with Gasteiger partial charge in [-0.3, -0.25) is 4.99 Å². The van der Waals surface area contributed by atoms with Crippen LogP contribution < -0.4 is 10.6 Å². The van der Waals surface area contributed by atoms with E-state index in [0.717, 1.165) is 61.1 Å². The molecular formula is C19H27FN4O. The number of aliphatic hydroxyl groups excluding tert-OH is 1. The summed E-state index contributed by atoms with van der Waals surface area (Å²) in [5.74, 6) is 0.598. The van der Waals surface area contributed by atoms with Crippen molar-refractivity contribution in [2.45, 2.75) is 51.2 Å². The largest absolute Gasteiger partial charge is 0.393 e. The van der Waals surface area contributed by atoms with Crippen LogP contribution in [-0.4, -0.2) is 41.3 Å². The average Bonchev–Trinajstić information content (AvgIpc) is 2.99. The smallest absolute Gasteiger partial charge is 0.191 e. The summed E-state index contributed by atoms with van der Waals surface area (Å²) in [5.41, 5.74) is 2.03. The highest BCUT2D eigenvalue weighted by molar-refractivity contribution is 5.83. The van der Waals surface area contributed by atoms with Gasteiger partial charge in [0.05, 0.1) is 6.10 Å². The van der Waals surface area contributed by atoms with E-state index in [1.54, 1.807) is 12.1 Å². The minimum absolute atomic E-state index is 0.153. The first-order valence-electron chi connectivity index (χ1n) is 9.14. The highest BCUT2D eigenvalue weighted by atomic mass is 19.1. The number of fused-ring (bicyclic) bond motifs is 1. The number of nitrogens with one attached hydrogen (secondary N) is 3. The highest BCUT2D eigenvalue weighted by Crippen LogP contribution is 2.20.